The standard InChI is InChI=1S/C30H29NO2.C2H6/c1-5-22-20(4)28(26-18-31-15-16-33-27-14-10-13-23(26)29(27)31)25(30(22)32)17-24(19(2)3)21-11-8-6-7-9-12-21;1-2/h5-6,8,10-11,13-14,18-19,24H,4,12,15-17H2,1-3H3;1-2H3/b22-5-;. The van der Waals surface area contributed by atoms with Crippen molar-refractivity contribution in [3.63, 3.8) is 0 Å². The quantitative estimate of drug-likeness (QED) is 0.339. The molecule has 0 saturated heterocycles. The third-order valence-corrected chi connectivity index (χ3v) is 7.05. The van der Waals surface area contributed by atoms with Crippen molar-refractivity contribution in [1.29, 1.82) is 0 Å². The minimum Gasteiger partial charge on any atom is -0.490 e. The second-order valence-corrected chi connectivity index (χ2v) is 9.25. The number of hydrogen-bond acceptors (Lipinski definition) is 2. The van der Waals surface area contributed by atoms with Gasteiger partial charge in [-0.25, -0.2) is 0 Å². The number of Topliss-reactive ketones (excluding diaryl/α,β-unsaturated/α-hetero) is 1. The lowest BCUT2D eigenvalue weighted by molar-refractivity contribution is -0.111. The second-order valence-electron chi connectivity index (χ2n) is 9.25. The molecule has 35 heavy (non-hydrogen) atoms. The van der Waals surface area contributed by atoms with Crippen LogP contribution < -0.4 is 4.74 Å². The molecule has 0 N–H and O–H groups in total. The molecule has 0 spiro atoms. The molecule has 0 saturated carbocycles. The zero-order valence-corrected chi connectivity index (χ0v) is 21.6. The molecule has 2 heterocycles. The Balaban J connectivity index is 0.00000141. The Bertz CT molecular complexity index is 1360. The van der Waals surface area contributed by atoms with Gasteiger partial charge in [0.25, 0.3) is 0 Å². The lowest BCUT2D eigenvalue weighted by Gasteiger charge is -2.24. The van der Waals surface area contributed by atoms with Crippen LogP contribution >= 0.6 is 0 Å². The summed E-state index contributed by atoms with van der Waals surface area (Å²) < 4.78 is 8.17. The molecular formula is C32H35NO2. The van der Waals surface area contributed by atoms with Crippen molar-refractivity contribution in [2.24, 2.45) is 11.8 Å². The Kier molecular flexibility index (Phi) is 7.31. The van der Waals surface area contributed by atoms with Crippen LogP contribution in [0.3, 0.4) is 0 Å². The minimum absolute atomic E-state index is 0.113. The summed E-state index contributed by atoms with van der Waals surface area (Å²) >= 11 is 0. The van der Waals surface area contributed by atoms with E-state index in [4.69, 9.17) is 4.74 Å². The van der Waals surface area contributed by atoms with E-state index < -0.39 is 0 Å². The molecule has 3 nitrogen and oxygen atoms in total. The molecule has 3 aliphatic rings. The van der Waals surface area contributed by atoms with Crippen LogP contribution in [0.1, 0.15) is 53.0 Å². The van der Waals surface area contributed by atoms with E-state index in [-0.39, 0.29) is 11.7 Å². The number of para-hydroxylation sites is 1. The van der Waals surface area contributed by atoms with Crippen molar-refractivity contribution in [2.45, 2.75) is 54.0 Å². The first-order valence-corrected chi connectivity index (χ1v) is 12.7. The predicted molar refractivity (Wildman–Crippen MR) is 146 cm³/mol. The number of rotatable bonds is 5. The van der Waals surface area contributed by atoms with Gasteiger partial charge in [-0.1, -0.05) is 82.0 Å². The normalized spacial score (nSPS) is 18.7. The first-order valence-electron chi connectivity index (χ1n) is 12.7. The fourth-order valence-electron chi connectivity index (χ4n) is 5.39. The van der Waals surface area contributed by atoms with Crippen LogP contribution in [0.4, 0.5) is 0 Å². The third-order valence-electron chi connectivity index (χ3n) is 7.05. The highest BCUT2D eigenvalue weighted by molar-refractivity contribution is 6.26. The van der Waals surface area contributed by atoms with Gasteiger partial charge in [-0.05, 0) is 48.5 Å². The Morgan fingerprint density at radius 2 is 2.06 bits per heavy atom. The topological polar surface area (TPSA) is 31.2 Å². The van der Waals surface area contributed by atoms with E-state index in [0.29, 0.717) is 18.9 Å². The number of ether oxygens (including phenoxy) is 1. The molecule has 1 aromatic heterocycles. The summed E-state index contributed by atoms with van der Waals surface area (Å²) in [5.41, 5.74) is 6.91. The summed E-state index contributed by atoms with van der Waals surface area (Å²) in [7, 11) is 0. The minimum atomic E-state index is 0.113. The van der Waals surface area contributed by atoms with Gasteiger partial charge in [-0.2, -0.15) is 0 Å². The van der Waals surface area contributed by atoms with Gasteiger partial charge in [0.2, 0.25) is 0 Å². The molecule has 1 aliphatic heterocycles. The lowest BCUT2D eigenvalue weighted by Crippen LogP contribution is -2.15. The Hall–Kier alpha value is -3.51. The molecule has 5 rings (SSSR count). The molecule has 1 aromatic carbocycles. The second kappa shape index (κ2) is 10.4. The van der Waals surface area contributed by atoms with Crippen molar-refractivity contribution in [3.05, 3.63) is 83.1 Å². The molecule has 1 atom stereocenters. The monoisotopic (exact) mass is 465 g/mol. The van der Waals surface area contributed by atoms with E-state index in [0.717, 1.165) is 57.5 Å². The van der Waals surface area contributed by atoms with Gasteiger partial charge in [0.05, 0.1) is 12.1 Å². The van der Waals surface area contributed by atoms with Crippen LogP contribution in [0, 0.1) is 23.7 Å². The van der Waals surface area contributed by atoms with Crippen molar-refractivity contribution in [3.8, 4) is 17.6 Å². The first kappa shape index (κ1) is 24.6. The van der Waals surface area contributed by atoms with Crippen LogP contribution in [-0.2, 0) is 11.3 Å². The highest BCUT2D eigenvalue weighted by atomic mass is 16.5. The Morgan fingerprint density at radius 3 is 2.80 bits per heavy atom. The fourth-order valence-corrected chi connectivity index (χ4v) is 5.39. The average Bonchev–Trinajstić information content (AvgIpc) is 3.18. The number of carbonyl (C=O) groups is 1. The number of benzene rings is 1. The molecule has 1 unspecified atom stereocenters. The average molecular weight is 466 g/mol. The maximum absolute atomic E-state index is 13.7. The van der Waals surface area contributed by atoms with Crippen molar-refractivity contribution >= 4 is 22.3 Å². The van der Waals surface area contributed by atoms with Crippen LogP contribution in [0.25, 0.3) is 16.5 Å². The summed E-state index contributed by atoms with van der Waals surface area (Å²) in [6, 6.07) is 6.18. The van der Waals surface area contributed by atoms with E-state index in [2.05, 4.69) is 55.2 Å². The molecular weight excluding hydrogens is 430 g/mol. The van der Waals surface area contributed by atoms with E-state index in [1.807, 2.05) is 51.1 Å². The van der Waals surface area contributed by atoms with Gasteiger partial charge in [0.15, 0.2) is 5.78 Å². The molecule has 0 amide bonds. The maximum Gasteiger partial charge on any atom is 0.189 e. The molecule has 180 valence electrons. The molecule has 2 aliphatic carbocycles. The summed E-state index contributed by atoms with van der Waals surface area (Å²) in [5.74, 6) is 7.95. The van der Waals surface area contributed by atoms with Crippen LogP contribution in [0.2, 0.25) is 0 Å². The molecule has 3 heteroatoms. The molecule has 0 bridgehead atoms. The Morgan fingerprint density at radius 1 is 1.26 bits per heavy atom. The number of aromatic nitrogens is 1. The SMILES string of the molecule is C=C1C(c2cn3c4c(cccc24)OCC3)=C(CC(C2=CC=CC#CC2)C(C)C)C(=O)/C1=C\C.CC. The first-order chi connectivity index (χ1) is 17.0. The lowest BCUT2D eigenvalue weighted by atomic mass is 9.80. The summed E-state index contributed by atoms with van der Waals surface area (Å²) in [6.07, 6.45) is 11.6. The summed E-state index contributed by atoms with van der Waals surface area (Å²) in [5, 5.41) is 1.12. The van der Waals surface area contributed by atoms with Gasteiger partial charge in [-0.3, -0.25) is 4.79 Å². The molecule has 0 radical (unpaired) electrons. The smallest absolute Gasteiger partial charge is 0.189 e. The zero-order chi connectivity index (χ0) is 25.1. The molecule has 2 aromatic rings. The largest absolute Gasteiger partial charge is 0.490 e. The van der Waals surface area contributed by atoms with Crippen LogP contribution in [0.15, 0.2) is 77.6 Å². The van der Waals surface area contributed by atoms with Crippen LogP contribution in [0.5, 0.6) is 5.75 Å². The van der Waals surface area contributed by atoms with Gasteiger partial charge < -0.3 is 9.30 Å². The van der Waals surface area contributed by atoms with E-state index in [1.54, 1.807) is 0 Å². The number of carbonyl (C=O) groups excluding carboxylic acids is 1. The van der Waals surface area contributed by atoms with Gasteiger partial charge in [-0.15, -0.1) is 0 Å². The predicted octanol–water partition coefficient (Wildman–Crippen LogP) is 7.45. The van der Waals surface area contributed by atoms with E-state index in [1.165, 1.54) is 5.57 Å². The van der Waals surface area contributed by atoms with Crippen LogP contribution in [-0.4, -0.2) is 17.0 Å². The highest BCUT2D eigenvalue weighted by Crippen LogP contribution is 2.47. The van der Waals surface area contributed by atoms with Crippen molar-refractivity contribution < 1.29 is 9.53 Å². The van der Waals surface area contributed by atoms with Crippen molar-refractivity contribution in [2.75, 3.05) is 6.61 Å². The third kappa shape index (κ3) is 4.34. The summed E-state index contributed by atoms with van der Waals surface area (Å²) in [4.78, 5) is 13.7. The number of hydrogen-bond donors (Lipinski definition) is 0. The number of nitrogens with zero attached hydrogens (tertiary/aromatic N) is 1. The van der Waals surface area contributed by atoms with Gasteiger partial charge >= 0.3 is 0 Å². The highest BCUT2D eigenvalue weighted by Gasteiger charge is 2.36. The van der Waals surface area contributed by atoms with E-state index >= 15 is 0 Å². The fraction of sp³-hybridized carbons (Fsp3) is 0.344. The molecule has 0 fully saturated rings. The number of ketones is 1. The summed E-state index contributed by atoms with van der Waals surface area (Å²) in [6.45, 7) is 16.2. The van der Waals surface area contributed by atoms with Gasteiger partial charge in [0.1, 0.15) is 12.4 Å². The van der Waals surface area contributed by atoms with Gasteiger partial charge in [0, 0.05) is 34.7 Å². The Labute approximate surface area is 209 Å². The van der Waals surface area contributed by atoms with E-state index in [9.17, 15) is 4.79 Å². The zero-order valence-electron chi connectivity index (χ0n) is 21.6. The van der Waals surface area contributed by atoms with Crippen molar-refractivity contribution in [1.82, 2.24) is 4.57 Å². The number of allylic oxidation sites excluding steroid dienone is 9. The maximum atomic E-state index is 13.7.